The largest absolute Gasteiger partial charge is 0.493 e. The van der Waals surface area contributed by atoms with Crippen LogP contribution in [0.25, 0.3) is 11.3 Å². The molecule has 5 rings (SSSR count). The Kier molecular flexibility index (Phi) is 6.28. The van der Waals surface area contributed by atoms with E-state index in [9.17, 15) is 26.0 Å². The number of aromatic nitrogens is 3. The summed E-state index contributed by atoms with van der Waals surface area (Å²) < 4.78 is 87.8. The van der Waals surface area contributed by atoms with Gasteiger partial charge < -0.3 is 4.74 Å². The summed E-state index contributed by atoms with van der Waals surface area (Å²) in [6, 6.07) is 11.6. The van der Waals surface area contributed by atoms with Crippen LogP contribution in [0.1, 0.15) is 29.0 Å². The van der Waals surface area contributed by atoms with E-state index in [1.807, 2.05) is 0 Å². The highest BCUT2D eigenvalue weighted by Crippen LogP contribution is 2.44. The minimum absolute atomic E-state index is 0.0710. The van der Waals surface area contributed by atoms with E-state index in [2.05, 4.69) is 19.7 Å². The van der Waals surface area contributed by atoms with E-state index in [1.54, 1.807) is 6.07 Å². The topological polar surface area (TPSA) is 94.1 Å². The molecule has 2 aromatic carbocycles. The minimum atomic E-state index is -4.58. The van der Waals surface area contributed by atoms with E-state index in [4.69, 9.17) is 4.74 Å². The summed E-state index contributed by atoms with van der Waals surface area (Å²) >= 11 is 0. The molecule has 0 bridgehead atoms. The fraction of sp³-hybridized carbons (Fsp3) is 0.160. The molecule has 4 aromatic rings. The van der Waals surface area contributed by atoms with Crippen molar-refractivity contribution in [3.8, 4) is 17.0 Å². The molecule has 1 N–H and O–H groups in total. The van der Waals surface area contributed by atoms with Gasteiger partial charge in [-0.1, -0.05) is 12.1 Å². The third-order valence-corrected chi connectivity index (χ3v) is 7.27. The molecule has 0 aliphatic carbocycles. The van der Waals surface area contributed by atoms with Crippen LogP contribution >= 0.6 is 0 Å². The van der Waals surface area contributed by atoms with Gasteiger partial charge in [-0.2, -0.15) is 13.2 Å². The Bertz CT molecular complexity index is 1550. The maximum absolute atomic E-state index is 13.5. The minimum Gasteiger partial charge on any atom is -0.493 e. The van der Waals surface area contributed by atoms with Gasteiger partial charge in [0.05, 0.1) is 29.0 Å². The Labute approximate surface area is 209 Å². The summed E-state index contributed by atoms with van der Waals surface area (Å²) in [7, 11) is -4.00. The molecule has 0 radical (unpaired) electrons. The SMILES string of the molecule is O=S(=O)(Nc1ccncn1)c1ccc2c(c1)OCCC2c1ccc(C(F)(F)F)cc1-c1ccc(F)cn1. The monoisotopic (exact) mass is 530 g/mol. The number of halogens is 4. The van der Waals surface area contributed by atoms with Crippen LogP contribution in [-0.2, 0) is 16.2 Å². The standard InChI is InChI=1S/C25H18F4N4O3S/c26-16-2-6-22(31-13-16)21-11-15(25(27,28)29)1-4-18(21)19-8-10-36-23-12-17(3-5-20(19)23)37(34,35)33-24-7-9-30-14-32-24/h1-7,9,11-14,19H,8,10H2,(H,30,32,33). The first kappa shape index (κ1) is 24.6. The van der Waals surface area contributed by atoms with Crippen molar-refractivity contribution in [1.29, 1.82) is 0 Å². The summed E-state index contributed by atoms with van der Waals surface area (Å²) in [6.45, 7) is 0.206. The Morgan fingerprint density at radius 1 is 0.973 bits per heavy atom. The number of benzene rings is 2. The quantitative estimate of drug-likeness (QED) is 0.347. The summed E-state index contributed by atoms with van der Waals surface area (Å²) in [5.41, 5.74) is 0.669. The van der Waals surface area contributed by atoms with Crippen molar-refractivity contribution in [1.82, 2.24) is 15.0 Å². The number of pyridine rings is 1. The van der Waals surface area contributed by atoms with Crippen molar-refractivity contribution in [3.63, 3.8) is 0 Å². The van der Waals surface area contributed by atoms with Crippen molar-refractivity contribution >= 4 is 15.8 Å². The smallest absolute Gasteiger partial charge is 0.416 e. The van der Waals surface area contributed by atoms with Gasteiger partial charge in [-0.3, -0.25) is 9.71 Å². The zero-order chi connectivity index (χ0) is 26.2. The second-order valence-corrected chi connectivity index (χ2v) is 9.93. The van der Waals surface area contributed by atoms with Crippen molar-refractivity contribution in [2.45, 2.75) is 23.4 Å². The number of nitrogens with one attached hydrogen (secondary N) is 1. The molecule has 1 aliphatic rings. The van der Waals surface area contributed by atoms with Gasteiger partial charge in [0, 0.05) is 29.3 Å². The normalized spacial score (nSPS) is 15.5. The number of nitrogens with zero attached hydrogens (tertiary/aromatic N) is 3. The van der Waals surface area contributed by atoms with Gasteiger partial charge >= 0.3 is 6.18 Å². The van der Waals surface area contributed by atoms with Crippen LogP contribution in [0.15, 0.2) is 78.2 Å². The van der Waals surface area contributed by atoms with Gasteiger partial charge in [-0.15, -0.1) is 0 Å². The van der Waals surface area contributed by atoms with E-state index >= 15 is 0 Å². The molecule has 1 unspecified atom stereocenters. The Morgan fingerprint density at radius 3 is 2.49 bits per heavy atom. The number of hydrogen-bond donors (Lipinski definition) is 1. The lowest BCUT2D eigenvalue weighted by molar-refractivity contribution is -0.137. The highest BCUT2D eigenvalue weighted by molar-refractivity contribution is 7.92. The Hall–Kier alpha value is -4.06. The van der Waals surface area contributed by atoms with Crippen LogP contribution in [0.4, 0.5) is 23.4 Å². The number of sulfonamides is 1. The fourth-order valence-electron chi connectivity index (χ4n) is 4.20. The molecule has 0 fully saturated rings. The predicted molar refractivity (Wildman–Crippen MR) is 126 cm³/mol. The second kappa shape index (κ2) is 9.43. The first-order chi connectivity index (χ1) is 17.6. The Balaban J connectivity index is 1.56. The maximum Gasteiger partial charge on any atom is 0.416 e. The van der Waals surface area contributed by atoms with Crippen molar-refractivity contribution in [2.75, 3.05) is 11.3 Å². The Morgan fingerprint density at radius 2 is 1.78 bits per heavy atom. The van der Waals surface area contributed by atoms with E-state index in [-0.39, 0.29) is 28.6 Å². The molecule has 12 heteroatoms. The summed E-state index contributed by atoms with van der Waals surface area (Å²) in [5, 5.41) is 0. The predicted octanol–water partition coefficient (Wildman–Crippen LogP) is 5.41. The molecule has 2 aromatic heterocycles. The van der Waals surface area contributed by atoms with Crippen LogP contribution in [-0.4, -0.2) is 30.0 Å². The third-order valence-electron chi connectivity index (χ3n) is 5.92. The van der Waals surface area contributed by atoms with Crippen LogP contribution < -0.4 is 9.46 Å². The molecule has 0 saturated carbocycles. The fourth-order valence-corrected chi connectivity index (χ4v) is 5.22. The van der Waals surface area contributed by atoms with Crippen molar-refractivity contribution < 1.29 is 30.7 Å². The molecule has 37 heavy (non-hydrogen) atoms. The van der Waals surface area contributed by atoms with Gasteiger partial charge in [-0.05, 0) is 48.4 Å². The first-order valence-electron chi connectivity index (χ1n) is 11.0. The molecule has 0 spiro atoms. The number of alkyl halides is 3. The highest BCUT2D eigenvalue weighted by atomic mass is 32.2. The first-order valence-corrected chi connectivity index (χ1v) is 12.5. The lowest BCUT2D eigenvalue weighted by atomic mass is 9.83. The third kappa shape index (κ3) is 5.10. The number of ether oxygens (including phenoxy) is 1. The zero-order valence-electron chi connectivity index (χ0n) is 18.9. The van der Waals surface area contributed by atoms with Gasteiger partial charge in [0.1, 0.15) is 23.7 Å². The zero-order valence-corrected chi connectivity index (χ0v) is 19.7. The second-order valence-electron chi connectivity index (χ2n) is 8.25. The number of anilines is 1. The average Bonchev–Trinajstić information content (AvgIpc) is 2.88. The average molecular weight is 531 g/mol. The maximum atomic E-state index is 13.5. The van der Waals surface area contributed by atoms with Crippen molar-refractivity contribution in [2.24, 2.45) is 0 Å². The molecule has 1 atom stereocenters. The van der Waals surface area contributed by atoms with Crippen LogP contribution in [0.2, 0.25) is 0 Å². The molecule has 190 valence electrons. The molecular formula is C25H18F4N4O3S. The van der Waals surface area contributed by atoms with Gasteiger partial charge in [0.2, 0.25) is 0 Å². The van der Waals surface area contributed by atoms with Crippen molar-refractivity contribution in [3.05, 3.63) is 95.8 Å². The van der Waals surface area contributed by atoms with E-state index in [0.717, 1.165) is 24.4 Å². The lowest BCUT2D eigenvalue weighted by Gasteiger charge is -2.28. The summed E-state index contributed by atoms with van der Waals surface area (Å²) in [4.78, 5) is 11.5. The molecule has 0 amide bonds. The number of fused-ring (bicyclic) bond motifs is 1. The molecule has 7 nitrogen and oxygen atoms in total. The van der Waals surface area contributed by atoms with E-state index in [0.29, 0.717) is 23.3 Å². The van der Waals surface area contributed by atoms with Crippen LogP contribution in [0.5, 0.6) is 5.75 Å². The van der Waals surface area contributed by atoms with Gasteiger partial charge in [-0.25, -0.2) is 22.8 Å². The number of hydrogen-bond acceptors (Lipinski definition) is 6. The van der Waals surface area contributed by atoms with Crippen LogP contribution in [0.3, 0.4) is 0 Å². The number of rotatable bonds is 5. The summed E-state index contributed by atoms with van der Waals surface area (Å²) in [6.07, 6.45) is -0.614. The van der Waals surface area contributed by atoms with E-state index in [1.165, 1.54) is 42.9 Å². The van der Waals surface area contributed by atoms with Gasteiger partial charge in [0.15, 0.2) is 0 Å². The molecule has 1 aliphatic heterocycles. The molecule has 0 saturated heterocycles. The van der Waals surface area contributed by atoms with Crippen LogP contribution in [0, 0.1) is 5.82 Å². The van der Waals surface area contributed by atoms with Gasteiger partial charge in [0.25, 0.3) is 10.0 Å². The summed E-state index contributed by atoms with van der Waals surface area (Å²) in [5.74, 6) is -0.648. The van der Waals surface area contributed by atoms with E-state index < -0.39 is 33.5 Å². The molecular weight excluding hydrogens is 512 g/mol. The highest BCUT2D eigenvalue weighted by Gasteiger charge is 2.33. The molecule has 3 heterocycles. The lowest BCUT2D eigenvalue weighted by Crippen LogP contribution is -2.19.